The van der Waals surface area contributed by atoms with Crippen molar-refractivity contribution in [3.8, 4) is 22.3 Å². The van der Waals surface area contributed by atoms with Gasteiger partial charge in [-0.05, 0) is 122 Å². The monoisotopic (exact) mass is 713 g/mol. The van der Waals surface area contributed by atoms with Gasteiger partial charge in [-0.2, -0.15) is 0 Å². The topological polar surface area (TPSA) is 0 Å². The molecule has 0 nitrogen and oxygen atoms in total. The zero-order valence-corrected chi connectivity index (χ0v) is 35.1. The van der Waals surface area contributed by atoms with Crippen LogP contribution in [0.1, 0.15) is 100 Å². The second-order valence-corrected chi connectivity index (χ2v) is 12.9. The first kappa shape index (κ1) is 43.2. The van der Waals surface area contributed by atoms with Gasteiger partial charge in [-0.3, -0.25) is 0 Å². The van der Waals surface area contributed by atoms with Gasteiger partial charge in [0.05, 0.1) is 0 Å². The average molecular weight is 713 g/mol. The van der Waals surface area contributed by atoms with Gasteiger partial charge in [-0.1, -0.05) is 208 Å². The second-order valence-electron chi connectivity index (χ2n) is 12.9. The Bertz CT molecular complexity index is 2210. The molecular weight excluding hydrogens is 649 g/mol. The van der Waals surface area contributed by atoms with Crippen LogP contribution >= 0.6 is 0 Å². The first-order valence-corrected chi connectivity index (χ1v) is 20.3. The molecule has 0 saturated carbocycles. The first-order valence-electron chi connectivity index (χ1n) is 20.3. The Morgan fingerprint density at radius 2 is 1.13 bits per heavy atom. The molecule has 1 unspecified atom stereocenters. The standard InChI is InChI=1S/C48H46.3C2H6/c1-8-19-33(6)46(30-32(5)9-2)34(7)38-28-29-45(40-23-13-12-22-39(38)40)48-43-26-16-14-24-41(43)47(42-25-15-17-27-44(42)48)37-21-18-20-36(31-37)35(10-3)11-4;3*1-2/h9-18,20-31,33H,2-3,8,19H2,1,4-7H3;3*1-2H3/b32-30-,35-11+,46-34-;;;. The predicted octanol–water partition coefficient (Wildman–Crippen LogP) is 17.5. The molecule has 0 aromatic heterocycles. The summed E-state index contributed by atoms with van der Waals surface area (Å²) in [6.07, 6.45) is 10.7. The molecule has 0 N–H and O–H groups in total. The zero-order chi connectivity index (χ0) is 39.8. The highest BCUT2D eigenvalue weighted by molar-refractivity contribution is 6.24. The van der Waals surface area contributed by atoms with Crippen LogP contribution in [0.5, 0.6) is 0 Å². The molecular formula is C54H64. The lowest BCUT2D eigenvalue weighted by molar-refractivity contribution is 0.613. The molecule has 6 aromatic carbocycles. The molecule has 0 amide bonds. The summed E-state index contributed by atoms with van der Waals surface area (Å²) >= 11 is 0. The van der Waals surface area contributed by atoms with E-state index in [9.17, 15) is 0 Å². The summed E-state index contributed by atoms with van der Waals surface area (Å²) in [5.74, 6) is 0.456. The molecule has 0 radical (unpaired) electrons. The van der Waals surface area contributed by atoms with Crippen molar-refractivity contribution in [1.29, 1.82) is 0 Å². The summed E-state index contributed by atoms with van der Waals surface area (Å²) in [5.41, 5.74) is 12.6. The highest BCUT2D eigenvalue weighted by Crippen LogP contribution is 2.46. The maximum absolute atomic E-state index is 4.06. The second kappa shape index (κ2) is 21.5. The SMILES string of the molecule is C=C/C(C)=C\C(=C(/C)c1ccc(-c2c3ccccc3c(-c3cccc(/C(C=C)=C/C)c3)c3ccccc23)c2ccccc12)C(C)CCC.CC.CC.CC. The third-order valence-corrected chi connectivity index (χ3v) is 9.94. The molecule has 0 heterocycles. The third-order valence-electron chi connectivity index (χ3n) is 9.94. The van der Waals surface area contributed by atoms with Gasteiger partial charge < -0.3 is 0 Å². The highest BCUT2D eigenvalue weighted by atomic mass is 14.2. The summed E-state index contributed by atoms with van der Waals surface area (Å²) in [6.45, 7) is 31.3. The van der Waals surface area contributed by atoms with E-state index >= 15 is 0 Å². The molecule has 0 saturated heterocycles. The van der Waals surface area contributed by atoms with Gasteiger partial charge in [0.15, 0.2) is 0 Å². The van der Waals surface area contributed by atoms with E-state index in [1.165, 1.54) is 82.4 Å². The molecule has 54 heavy (non-hydrogen) atoms. The van der Waals surface area contributed by atoms with Crippen LogP contribution in [-0.4, -0.2) is 0 Å². The van der Waals surface area contributed by atoms with Gasteiger partial charge in [0.1, 0.15) is 0 Å². The van der Waals surface area contributed by atoms with E-state index in [4.69, 9.17) is 0 Å². The lowest BCUT2D eigenvalue weighted by Crippen LogP contribution is -2.01. The summed E-state index contributed by atoms with van der Waals surface area (Å²) in [6, 6.07) is 40.4. The van der Waals surface area contributed by atoms with Gasteiger partial charge in [0.2, 0.25) is 0 Å². The van der Waals surface area contributed by atoms with Crippen molar-refractivity contribution in [3.05, 3.63) is 169 Å². The van der Waals surface area contributed by atoms with Crippen molar-refractivity contribution in [3.63, 3.8) is 0 Å². The number of allylic oxidation sites excluding steroid dienone is 8. The smallest absolute Gasteiger partial charge is 0.00201 e. The Kier molecular flexibility index (Phi) is 17.2. The fourth-order valence-electron chi connectivity index (χ4n) is 7.50. The van der Waals surface area contributed by atoms with Gasteiger partial charge in [-0.15, -0.1) is 0 Å². The van der Waals surface area contributed by atoms with Gasteiger partial charge in [-0.25, -0.2) is 0 Å². The Morgan fingerprint density at radius 3 is 1.63 bits per heavy atom. The van der Waals surface area contributed by atoms with Crippen LogP contribution in [0.3, 0.4) is 0 Å². The van der Waals surface area contributed by atoms with E-state index in [2.05, 4.69) is 169 Å². The molecule has 0 fully saturated rings. The molecule has 6 rings (SSSR count). The molecule has 280 valence electrons. The van der Waals surface area contributed by atoms with Crippen molar-refractivity contribution in [1.82, 2.24) is 0 Å². The van der Waals surface area contributed by atoms with Crippen LogP contribution < -0.4 is 0 Å². The molecule has 0 bridgehead atoms. The maximum atomic E-state index is 4.06. The quantitative estimate of drug-likeness (QED) is 0.0980. The lowest BCUT2D eigenvalue weighted by Gasteiger charge is -2.21. The highest BCUT2D eigenvalue weighted by Gasteiger charge is 2.20. The molecule has 0 aliphatic rings. The fraction of sp³-hybridized carbons (Fsp3) is 0.259. The first-order chi connectivity index (χ1) is 26.4. The number of fused-ring (bicyclic) bond motifs is 3. The van der Waals surface area contributed by atoms with Crippen molar-refractivity contribution >= 4 is 43.5 Å². The van der Waals surface area contributed by atoms with E-state index in [-0.39, 0.29) is 0 Å². The Balaban J connectivity index is 0.00000124. The van der Waals surface area contributed by atoms with E-state index in [1.54, 1.807) is 0 Å². The molecule has 0 heteroatoms. The molecule has 1 atom stereocenters. The number of rotatable bonds is 10. The van der Waals surface area contributed by atoms with E-state index in [0.717, 1.165) is 18.4 Å². The minimum absolute atomic E-state index is 0.456. The summed E-state index contributed by atoms with van der Waals surface area (Å²) in [7, 11) is 0. The van der Waals surface area contributed by atoms with E-state index in [0.29, 0.717) is 5.92 Å². The van der Waals surface area contributed by atoms with Crippen molar-refractivity contribution in [2.24, 2.45) is 5.92 Å². The van der Waals surface area contributed by atoms with Crippen LogP contribution in [0.2, 0.25) is 0 Å². The Hall–Kier alpha value is -5.20. The Morgan fingerprint density at radius 1 is 0.611 bits per heavy atom. The Labute approximate surface area is 328 Å². The largest absolute Gasteiger partial charge is 0.0988 e. The normalized spacial score (nSPS) is 12.4. The predicted molar refractivity (Wildman–Crippen MR) is 248 cm³/mol. The molecule has 0 aliphatic heterocycles. The molecule has 0 spiro atoms. The van der Waals surface area contributed by atoms with Crippen LogP contribution in [0, 0.1) is 5.92 Å². The van der Waals surface area contributed by atoms with E-state index in [1.807, 2.05) is 53.7 Å². The van der Waals surface area contributed by atoms with Crippen LogP contribution in [0.4, 0.5) is 0 Å². The minimum Gasteiger partial charge on any atom is -0.0988 e. The van der Waals surface area contributed by atoms with Gasteiger partial charge >= 0.3 is 0 Å². The number of hydrogen-bond donors (Lipinski definition) is 0. The maximum Gasteiger partial charge on any atom is -0.00201 e. The number of hydrogen-bond acceptors (Lipinski definition) is 0. The summed E-state index contributed by atoms with van der Waals surface area (Å²) in [5, 5.41) is 7.60. The fourth-order valence-corrected chi connectivity index (χ4v) is 7.50. The van der Waals surface area contributed by atoms with Crippen molar-refractivity contribution < 1.29 is 0 Å². The van der Waals surface area contributed by atoms with E-state index < -0.39 is 0 Å². The average Bonchev–Trinajstić information content (AvgIpc) is 3.24. The molecule has 0 aliphatic carbocycles. The van der Waals surface area contributed by atoms with Crippen molar-refractivity contribution in [2.45, 2.75) is 89.0 Å². The summed E-state index contributed by atoms with van der Waals surface area (Å²) < 4.78 is 0. The van der Waals surface area contributed by atoms with Gasteiger partial charge in [0, 0.05) is 0 Å². The van der Waals surface area contributed by atoms with Crippen LogP contribution in [0.25, 0.3) is 65.7 Å². The zero-order valence-electron chi connectivity index (χ0n) is 35.1. The lowest BCUT2D eigenvalue weighted by atomic mass is 9.82. The third kappa shape index (κ3) is 9.11. The van der Waals surface area contributed by atoms with Crippen LogP contribution in [-0.2, 0) is 0 Å². The minimum atomic E-state index is 0.456. The van der Waals surface area contributed by atoms with Crippen LogP contribution in [0.15, 0.2) is 158 Å². The molecule has 6 aromatic rings. The number of benzene rings is 6. The van der Waals surface area contributed by atoms with Crippen molar-refractivity contribution in [2.75, 3.05) is 0 Å². The van der Waals surface area contributed by atoms with Gasteiger partial charge in [0.25, 0.3) is 0 Å². The summed E-state index contributed by atoms with van der Waals surface area (Å²) in [4.78, 5) is 0.